The van der Waals surface area contributed by atoms with Gasteiger partial charge >= 0.3 is 18.0 Å². The van der Waals surface area contributed by atoms with Gasteiger partial charge in [-0.25, -0.2) is 4.79 Å². The van der Waals surface area contributed by atoms with E-state index in [1.54, 1.807) is 0 Å². The summed E-state index contributed by atoms with van der Waals surface area (Å²) in [6, 6.07) is -0.278. The predicted octanol–water partition coefficient (Wildman–Crippen LogP) is 10.9. The molecule has 0 saturated heterocycles. The molecule has 0 aromatic rings. The Bertz CT molecular complexity index is 716. The molecule has 0 aliphatic heterocycles. The Labute approximate surface area is 277 Å². The molecule has 0 heterocycles. The van der Waals surface area contributed by atoms with Gasteiger partial charge < -0.3 is 19.5 Å². The lowest BCUT2D eigenvalue weighted by Crippen LogP contribution is -2.38. The van der Waals surface area contributed by atoms with E-state index in [0.717, 1.165) is 38.5 Å². The number of esters is 2. The highest BCUT2D eigenvalue weighted by Crippen LogP contribution is 2.28. The molecule has 1 amide bonds. The van der Waals surface area contributed by atoms with Gasteiger partial charge in [0.1, 0.15) is 17.8 Å². The maximum Gasteiger partial charge on any atom is 0.407 e. The maximum absolute atomic E-state index is 12.7. The largest absolute Gasteiger partial charge is 0.458 e. The molecule has 0 spiro atoms. The van der Waals surface area contributed by atoms with Gasteiger partial charge in [0, 0.05) is 31.7 Å². The molecule has 1 fully saturated rings. The van der Waals surface area contributed by atoms with E-state index in [4.69, 9.17) is 14.2 Å². The Morgan fingerprint density at radius 3 is 1.16 bits per heavy atom. The molecule has 1 rings (SSSR count). The lowest BCUT2D eigenvalue weighted by molar-refractivity contribution is -0.165. The summed E-state index contributed by atoms with van der Waals surface area (Å²) in [5, 5.41) is 2.88. The molecule has 0 bridgehead atoms. The first-order valence-electron chi connectivity index (χ1n) is 19.0. The van der Waals surface area contributed by atoms with Gasteiger partial charge in [-0.15, -0.1) is 0 Å². The minimum Gasteiger partial charge on any atom is -0.458 e. The van der Waals surface area contributed by atoms with Crippen LogP contribution in [0.3, 0.4) is 0 Å². The number of ether oxygens (including phenoxy) is 3. The zero-order chi connectivity index (χ0) is 33.2. The number of hydrogen-bond acceptors (Lipinski definition) is 6. The minimum atomic E-state index is -0.607. The summed E-state index contributed by atoms with van der Waals surface area (Å²) in [7, 11) is 0. The lowest BCUT2D eigenvalue weighted by Gasteiger charge is -2.21. The van der Waals surface area contributed by atoms with Gasteiger partial charge in [-0.05, 0) is 33.6 Å². The number of alkyl carbamates (subject to hydrolysis) is 1. The highest BCUT2D eigenvalue weighted by molar-refractivity contribution is 5.71. The van der Waals surface area contributed by atoms with Gasteiger partial charge in [0.2, 0.25) is 0 Å². The molecule has 264 valence electrons. The van der Waals surface area contributed by atoms with Crippen LogP contribution in [0.2, 0.25) is 0 Å². The summed E-state index contributed by atoms with van der Waals surface area (Å²) in [6.07, 6.45) is 26.9. The van der Waals surface area contributed by atoms with Crippen LogP contribution in [0.1, 0.15) is 202 Å². The van der Waals surface area contributed by atoms with Crippen LogP contribution < -0.4 is 5.32 Å². The monoisotopic (exact) mass is 638 g/mol. The average molecular weight is 638 g/mol. The molecule has 0 aromatic heterocycles. The summed E-state index contributed by atoms with van der Waals surface area (Å²) < 4.78 is 17.1. The van der Waals surface area contributed by atoms with E-state index in [-0.39, 0.29) is 18.0 Å². The van der Waals surface area contributed by atoms with Crippen LogP contribution in [-0.4, -0.2) is 41.9 Å². The van der Waals surface area contributed by atoms with Crippen LogP contribution in [0.25, 0.3) is 0 Å². The lowest BCUT2D eigenvalue weighted by atomic mass is 10.1. The molecule has 2 atom stereocenters. The summed E-state index contributed by atoms with van der Waals surface area (Å²) in [6.45, 7) is 9.95. The fourth-order valence-electron chi connectivity index (χ4n) is 6.12. The van der Waals surface area contributed by atoms with E-state index in [9.17, 15) is 14.4 Å². The Kier molecular flexibility index (Phi) is 24.1. The first kappa shape index (κ1) is 41.2. The number of carbonyl (C=O) groups is 3. The summed E-state index contributed by atoms with van der Waals surface area (Å²) >= 11 is 0. The molecule has 0 radical (unpaired) electrons. The van der Waals surface area contributed by atoms with E-state index < -0.39 is 23.9 Å². The number of nitrogens with one attached hydrogen (secondary N) is 1. The molecular formula is C38H71NO6. The average Bonchev–Trinajstić information content (AvgIpc) is 3.32. The first-order chi connectivity index (χ1) is 21.6. The van der Waals surface area contributed by atoms with Gasteiger partial charge in [-0.2, -0.15) is 0 Å². The normalized spacial score (nSPS) is 18.1. The molecule has 1 saturated carbocycles. The zero-order valence-corrected chi connectivity index (χ0v) is 30.1. The second kappa shape index (κ2) is 26.3. The summed E-state index contributed by atoms with van der Waals surface area (Å²) in [5.74, 6) is -0.500. The fourth-order valence-corrected chi connectivity index (χ4v) is 6.12. The number of hydrogen-bond donors (Lipinski definition) is 1. The van der Waals surface area contributed by atoms with Gasteiger partial charge in [0.05, 0.1) is 0 Å². The second-order valence-corrected chi connectivity index (χ2v) is 14.4. The highest BCUT2D eigenvalue weighted by atomic mass is 16.6. The molecule has 1 N–H and O–H groups in total. The van der Waals surface area contributed by atoms with Crippen molar-refractivity contribution in [1.82, 2.24) is 5.32 Å². The Morgan fingerprint density at radius 1 is 0.533 bits per heavy atom. The number of rotatable bonds is 27. The summed E-state index contributed by atoms with van der Waals surface area (Å²) in [4.78, 5) is 37.8. The van der Waals surface area contributed by atoms with E-state index in [2.05, 4.69) is 19.2 Å². The van der Waals surface area contributed by atoms with Crippen molar-refractivity contribution < 1.29 is 28.6 Å². The quantitative estimate of drug-likeness (QED) is 0.0547. The van der Waals surface area contributed by atoms with Crippen molar-refractivity contribution in [3.05, 3.63) is 0 Å². The van der Waals surface area contributed by atoms with Crippen molar-refractivity contribution in [2.45, 2.75) is 225 Å². The third-order valence-electron chi connectivity index (χ3n) is 8.70. The maximum atomic E-state index is 12.7. The third kappa shape index (κ3) is 24.1. The zero-order valence-electron chi connectivity index (χ0n) is 30.1. The van der Waals surface area contributed by atoms with Gasteiger partial charge in [-0.1, -0.05) is 142 Å². The van der Waals surface area contributed by atoms with Crippen LogP contribution in [0, 0.1) is 0 Å². The predicted molar refractivity (Wildman–Crippen MR) is 184 cm³/mol. The number of unbranched alkanes of at least 4 members (excludes halogenated alkanes) is 20. The molecule has 7 heteroatoms. The van der Waals surface area contributed by atoms with Crippen LogP contribution in [0.15, 0.2) is 0 Å². The Morgan fingerprint density at radius 2 is 0.844 bits per heavy atom. The van der Waals surface area contributed by atoms with E-state index in [0.29, 0.717) is 25.7 Å². The van der Waals surface area contributed by atoms with E-state index in [1.165, 1.54) is 103 Å². The molecule has 7 nitrogen and oxygen atoms in total. The van der Waals surface area contributed by atoms with Crippen molar-refractivity contribution in [1.29, 1.82) is 0 Å². The van der Waals surface area contributed by atoms with E-state index in [1.807, 2.05) is 20.8 Å². The first-order valence-corrected chi connectivity index (χ1v) is 19.0. The van der Waals surface area contributed by atoms with Crippen molar-refractivity contribution in [2.75, 3.05) is 0 Å². The molecule has 1 aliphatic carbocycles. The number of amides is 1. The van der Waals surface area contributed by atoms with Crippen LogP contribution in [0.4, 0.5) is 4.79 Å². The molecule has 0 aromatic carbocycles. The van der Waals surface area contributed by atoms with Gasteiger partial charge in [0.25, 0.3) is 0 Å². The number of carbonyl (C=O) groups excluding carboxylic acids is 3. The van der Waals surface area contributed by atoms with Gasteiger partial charge in [0.15, 0.2) is 0 Å². The topological polar surface area (TPSA) is 90.9 Å². The second-order valence-electron chi connectivity index (χ2n) is 14.4. The third-order valence-corrected chi connectivity index (χ3v) is 8.70. The van der Waals surface area contributed by atoms with Gasteiger partial charge in [-0.3, -0.25) is 9.59 Å². The van der Waals surface area contributed by atoms with E-state index >= 15 is 0 Å². The Balaban J connectivity index is 2.37. The standard InChI is InChI=1S/C38H71NO6/c1-6-8-10-12-14-16-18-20-22-24-26-28-35(40)43-33-30-32(39-37(42)45-38(3,4)5)31-34(33)44-36(41)29-27-25-23-21-19-17-15-13-11-9-7-2/h32-34H,6-31H2,1-5H3,(H,39,42). The smallest absolute Gasteiger partial charge is 0.407 e. The van der Waals surface area contributed by atoms with Crippen LogP contribution in [0.5, 0.6) is 0 Å². The van der Waals surface area contributed by atoms with Crippen LogP contribution >= 0.6 is 0 Å². The van der Waals surface area contributed by atoms with Crippen molar-refractivity contribution in [3.63, 3.8) is 0 Å². The minimum absolute atomic E-state index is 0.250. The Hall–Kier alpha value is -1.79. The SMILES string of the molecule is CCCCCCCCCCCCCC(=O)OC1CC(NC(=O)OC(C)(C)C)CC1OC(=O)CCCCCCCCCCCCC. The summed E-state index contributed by atoms with van der Waals surface area (Å²) in [5.41, 5.74) is -0.607. The van der Waals surface area contributed by atoms with Crippen LogP contribution in [-0.2, 0) is 23.8 Å². The fraction of sp³-hybridized carbons (Fsp3) is 0.921. The molecule has 45 heavy (non-hydrogen) atoms. The highest BCUT2D eigenvalue weighted by Gasteiger charge is 2.40. The van der Waals surface area contributed by atoms with Crippen molar-refractivity contribution >= 4 is 18.0 Å². The molecule has 2 unspecified atom stereocenters. The van der Waals surface area contributed by atoms with Crippen molar-refractivity contribution in [2.24, 2.45) is 0 Å². The molecular weight excluding hydrogens is 566 g/mol. The molecule has 1 aliphatic rings. The van der Waals surface area contributed by atoms with Crippen molar-refractivity contribution in [3.8, 4) is 0 Å².